The molecule has 22 heavy (non-hydrogen) atoms. The number of carboxylic acid groups (broad SMARTS) is 1. The van der Waals surface area contributed by atoms with E-state index >= 15 is 0 Å². The summed E-state index contributed by atoms with van der Waals surface area (Å²) in [6.07, 6.45) is 0. The molecule has 2 aromatic rings. The van der Waals surface area contributed by atoms with E-state index < -0.39 is 5.97 Å². The van der Waals surface area contributed by atoms with Gasteiger partial charge in [-0.25, -0.2) is 4.79 Å². The number of benzene rings is 1. The monoisotopic (exact) mass is 318 g/mol. The van der Waals surface area contributed by atoms with Crippen molar-refractivity contribution in [1.82, 2.24) is 5.32 Å². The van der Waals surface area contributed by atoms with Gasteiger partial charge in [0, 0.05) is 18.2 Å². The second-order valence-corrected chi connectivity index (χ2v) is 5.04. The Labute approximate surface area is 132 Å². The third-order valence-electron chi connectivity index (χ3n) is 2.86. The van der Waals surface area contributed by atoms with Crippen molar-refractivity contribution in [1.29, 1.82) is 0 Å². The number of aromatic carboxylic acids is 1. The van der Waals surface area contributed by atoms with Gasteiger partial charge in [-0.05, 0) is 55.0 Å². The maximum Gasteiger partial charge on any atom is 0.371 e. The number of carbonyl (C=O) groups excluding carboxylic acids is 1. The molecule has 0 saturated carbocycles. The van der Waals surface area contributed by atoms with Crippen LogP contribution in [0.3, 0.4) is 0 Å². The molecule has 1 aromatic heterocycles. The Hall–Kier alpha value is -2.67. The average Bonchev–Trinajstić information content (AvgIpc) is 2.87. The summed E-state index contributed by atoms with van der Waals surface area (Å²) >= 11 is 4.99. The van der Waals surface area contributed by atoms with Crippen LogP contribution in [0.1, 0.15) is 23.0 Å². The van der Waals surface area contributed by atoms with Gasteiger partial charge in [-0.15, -0.1) is 0 Å². The lowest BCUT2D eigenvalue weighted by Crippen LogP contribution is -2.32. The number of nitrogens with one attached hydrogen (secondary N) is 2. The molecule has 0 aliphatic heterocycles. The van der Waals surface area contributed by atoms with Crippen LogP contribution in [0, 0.1) is 6.92 Å². The third-order valence-corrected chi connectivity index (χ3v) is 3.06. The van der Waals surface area contributed by atoms with E-state index in [1.807, 2.05) is 13.0 Å². The van der Waals surface area contributed by atoms with Gasteiger partial charge in [-0.1, -0.05) is 0 Å². The molecule has 0 bridgehead atoms. The topological polar surface area (TPSA) is 91.6 Å². The number of furan rings is 1. The minimum atomic E-state index is -1.11. The molecule has 2 rings (SSSR count). The highest BCUT2D eigenvalue weighted by atomic mass is 32.1. The SMILES string of the molecule is CC(=O)NC(=S)Nc1ccc(-c2ccc(C(=O)O)o2)c(C)c1. The second-order valence-electron chi connectivity index (χ2n) is 4.63. The van der Waals surface area contributed by atoms with Gasteiger partial charge in [0.05, 0.1) is 0 Å². The maximum absolute atomic E-state index is 10.9. The van der Waals surface area contributed by atoms with Crippen LogP contribution in [0.2, 0.25) is 0 Å². The number of rotatable bonds is 3. The first-order valence-electron chi connectivity index (χ1n) is 6.39. The number of hydrogen-bond donors (Lipinski definition) is 3. The van der Waals surface area contributed by atoms with Crippen molar-refractivity contribution in [2.24, 2.45) is 0 Å². The number of carbonyl (C=O) groups is 2. The summed E-state index contributed by atoms with van der Waals surface area (Å²) < 4.78 is 5.28. The van der Waals surface area contributed by atoms with E-state index in [0.717, 1.165) is 11.1 Å². The van der Waals surface area contributed by atoms with Crippen LogP contribution in [-0.4, -0.2) is 22.1 Å². The van der Waals surface area contributed by atoms with E-state index in [1.165, 1.54) is 13.0 Å². The van der Waals surface area contributed by atoms with Crippen LogP contribution in [0.5, 0.6) is 0 Å². The first-order chi connectivity index (χ1) is 10.4. The fraction of sp³-hybridized carbons (Fsp3) is 0.133. The molecule has 0 fully saturated rings. The zero-order valence-corrected chi connectivity index (χ0v) is 12.8. The van der Waals surface area contributed by atoms with Gasteiger partial charge < -0.3 is 20.2 Å². The zero-order chi connectivity index (χ0) is 16.3. The fourth-order valence-electron chi connectivity index (χ4n) is 1.94. The Balaban J connectivity index is 2.20. The number of aryl methyl sites for hydroxylation is 1. The lowest BCUT2D eigenvalue weighted by molar-refractivity contribution is -0.117. The molecule has 0 unspecified atom stereocenters. The molecule has 0 aliphatic rings. The van der Waals surface area contributed by atoms with E-state index in [9.17, 15) is 9.59 Å². The van der Waals surface area contributed by atoms with Gasteiger partial charge in [0.25, 0.3) is 0 Å². The van der Waals surface area contributed by atoms with E-state index in [0.29, 0.717) is 11.4 Å². The highest BCUT2D eigenvalue weighted by Crippen LogP contribution is 2.27. The third kappa shape index (κ3) is 3.70. The number of carboxylic acids is 1. The molecule has 6 nitrogen and oxygen atoms in total. The Bertz CT molecular complexity index is 752. The normalized spacial score (nSPS) is 10.1. The van der Waals surface area contributed by atoms with Crippen molar-refractivity contribution in [3.8, 4) is 11.3 Å². The second kappa shape index (κ2) is 6.40. The van der Waals surface area contributed by atoms with Crippen molar-refractivity contribution >= 4 is 34.9 Å². The molecule has 0 aliphatic carbocycles. The van der Waals surface area contributed by atoms with Gasteiger partial charge in [0.1, 0.15) is 5.76 Å². The molecule has 3 N–H and O–H groups in total. The lowest BCUT2D eigenvalue weighted by atomic mass is 10.1. The molecule has 0 spiro atoms. The summed E-state index contributed by atoms with van der Waals surface area (Å²) in [6.45, 7) is 3.24. The predicted molar refractivity (Wildman–Crippen MR) is 85.9 cm³/mol. The standard InChI is InChI=1S/C15H14N2O4S/c1-8-7-10(17-15(22)16-9(2)18)3-4-11(8)12-5-6-13(21-12)14(19)20/h3-7H,1-2H3,(H,19,20)(H2,16,17,18,22). The summed E-state index contributed by atoms with van der Waals surface area (Å²) in [5, 5.41) is 14.5. The van der Waals surface area contributed by atoms with E-state index in [4.69, 9.17) is 21.7 Å². The first kappa shape index (κ1) is 15.7. The Kier molecular flexibility index (Phi) is 4.57. The fourth-order valence-corrected chi connectivity index (χ4v) is 2.20. The van der Waals surface area contributed by atoms with Crippen molar-refractivity contribution < 1.29 is 19.1 Å². The molecule has 1 amide bonds. The van der Waals surface area contributed by atoms with Gasteiger partial charge in [0.15, 0.2) is 5.11 Å². The molecule has 114 valence electrons. The molecule has 0 saturated heterocycles. The van der Waals surface area contributed by atoms with Crippen LogP contribution < -0.4 is 10.6 Å². The molecule has 0 atom stereocenters. The highest BCUT2D eigenvalue weighted by Gasteiger charge is 2.12. The van der Waals surface area contributed by atoms with Crippen molar-refractivity contribution in [3.63, 3.8) is 0 Å². The average molecular weight is 318 g/mol. The van der Waals surface area contributed by atoms with Crippen LogP contribution in [0.25, 0.3) is 11.3 Å². The first-order valence-corrected chi connectivity index (χ1v) is 6.80. The van der Waals surface area contributed by atoms with Crippen LogP contribution >= 0.6 is 12.2 Å². The Morgan fingerprint density at radius 2 is 1.95 bits per heavy atom. The summed E-state index contributed by atoms with van der Waals surface area (Å²) in [4.78, 5) is 21.8. The van der Waals surface area contributed by atoms with Crippen molar-refractivity contribution in [2.45, 2.75) is 13.8 Å². The summed E-state index contributed by atoms with van der Waals surface area (Å²) in [7, 11) is 0. The Morgan fingerprint density at radius 3 is 2.50 bits per heavy atom. The number of amides is 1. The van der Waals surface area contributed by atoms with Gasteiger partial charge in [-0.3, -0.25) is 4.79 Å². The number of hydrogen-bond acceptors (Lipinski definition) is 4. The number of thiocarbonyl (C=S) groups is 1. The lowest BCUT2D eigenvalue weighted by Gasteiger charge is -2.10. The van der Waals surface area contributed by atoms with E-state index in [-0.39, 0.29) is 16.8 Å². The predicted octanol–water partition coefficient (Wildman–Crippen LogP) is 2.79. The Morgan fingerprint density at radius 1 is 1.23 bits per heavy atom. The quantitative estimate of drug-likeness (QED) is 0.754. The van der Waals surface area contributed by atoms with Gasteiger partial charge in [0.2, 0.25) is 11.7 Å². The van der Waals surface area contributed by atoms with E-state index in [2.05, 4.69) is 10.6 Å². The van der Waals surface area contributed by atoms with Crippen LogP contribution in [0.15, 0.2) is 34.7 Å². The van der Waals surface area contributed by atoms with Gasteiger partial charge in [-0.2, -0.15) is 0 Å². The maximum atomic E-state index is 10.9. The largest absolute Gasteiger partial charge is 0.475 e. The molecular formula is C15H14N2O4S. The minimum Gasteiger partial charge on any atom is -0.475 e. The van der Waals surface area contributed by atoms with E-state index in [1.54, 1.807) is 18.2 Å². The molecular weight excluding hydrogens is 304 g/mol. The van der Waals surface area contributed by atoms with Crippen LogP contribution in [-0.2, 0) is 4.79 Å². The van der Waals surface area contributed by atoms with Crippen molar-refractivity contribution in [2.75, 3.05) is 5.32 Å². The van der Waals surface area contributed by atoms with Crippen molar-refractivity contribution in [3.05, 3.63) is 41.7 Å². The summed E-state index contributed by atoms with van der Waals surface area (Å²) in [6, 6.07) is 8.40. The highest BCUT2D eigenvalue weighted by molar-refractivity contribution is 7.80. The summed E-state index contributed by atoms with van der Waals surface area (Å²) in [5.41, 5.74) is 2.37. The smallest absolute Gasteiger partial charge is 0.371 e. The van der Waals surface area contributed by atoms with Crippen LogP contribution in [0.4, 0.5) is 5.69 Å². The molecule has 1 aromatic carbocycles. The molecule has 0 radical (unpaired) electrons. The molecule has 1 heterocycles. The zero-order valence-electron chi connectivity index (χ0n) is 12.0. The van der Waals surface area contributed by atoms with Gasteiger partial charge >= 0.3 is 5.97 Å². The minimum absolute atomic E-state index is 0.108. The summed E-state index contributed by atoms with van der Waals surface area (Å²) in [5.74, 6) is -0.986. The number of anilines is 1. The molecule has 7 heteroatoms.